The molecular weight excluding hydrogens is 560 g/mol. The van der Waals surface area contributed by atoms with E-state index in [0.717, 1.165) is 36.9 Å². The minimum Gasteiger partial charge on any atom is -0.406 e. The molecule has 14 heteroatoms. The molecule has 4 rings (SSSR count). The van der Waals surface area contributed by atoms with Gasteiger partial charge in [-0.3, -0.25) is 19.2 Å². The summed E-state index contributed by atoms with van der Waals surface area (Å²) in [6.45, 7) is 2.01. The molecule has 2 aromatic rings. The van der Waals surface area contributed by atoms with Gasteiger partial charge in [-0.15, -0.1) is 13.2 Å². The average Bonchev–Trinajstić information content (AvgIpc) is 3.36. The number of carbonyl (C=O) groups excluding carboxylic acids is 4. The molecule has 214 valence electrons. The number of ether oxygens (including phenoxy) is 1. The summed E-state index contributed by atoms with van der Waals surface area (Å²) in [5.41, 5.74) is 2.84. The molecule has 0 bridgehead atoms. The van der Waals surface area contributed by atoms with Gasteiger partial charge in [-0.25, -0.2) is 4.39 Å². The zero-order chi connectivity index (χ0) is 29.6. The fraction of sp³-hybridized carbons (Fsp3) is 0.385. The van der Waals surface area contributed by atoms with E-state index in [1.54, 1.807) is 18.2 Å². The quantitative estimate of drug-likeness (QED) is 0.429. The minimum atomic E-state index is -5.00. The Morgan fingerprint density at radius 3 is 2.52 bits per heavy atom. The number of alkyl halides is 4. The number of fused-ring (bicyclic) bond motifs is 2. The molecule has 0 aliphatic carbocycles. The minimum absolute atomic E-state index is 0.177. The summed E-state index contributed by atoms with van der Waals surface area (Å²) in [5.74, 6) is -3.97. The summed E-state index contributed by atoms with van der Waals surface area (Å²) in [4.78, 5) is 53.4. The summed E-state index contributed by atoms with van der Waals surface area (Å²) in [7, 11) is 0. The number of carbonyl (C=O) groups is 4. The Morgan fingerprint density at radius 1 is 1.20 bits per heavy atom. The second-order valence-electron chi connectivity index (χ2n) is 10.3. The predicted octanol–water partition coefficient (Wildman–Crippen LogP) is 3.45. The van der Waals surface area contributed by atoms with E-state index in [1.807, 2.05) is 0 Å². The highest BCUT2D eigenvalue weighted by Gasteiger charge is 2.58. The molecule has 1 saturated heterocycles. The van der Waals surface area contributed by atoms with Gasteiger partial charge in [0.25, 0.3) is 5.91 Å². The van der Waals surface area contributed by atoms with E-state index >= 15 is 0 Å². The van der Waals surface area contributed by atoms with Crippen molar-refractivity contribution in [2.75, 3.05) is 11.9 Å². The van der Waals surface area contributed by atoms with E-state index in [-0.39, 0.29) is 18.5 Å². The van der Waals surface area contributed by atoms with Crippen molar-refractivity contribution in [2.45, 2.75) is 56.2 Å². The van der Waals surface area contributed by atoms with E-state index in [0.29, 0.717) is 16.3 Å². The van der Waals surface area contributed by atoms with E-state index in [1.165, 1.54) is 6.07 Å². The number of nitrogens with zero attached hydrogens (tertiary/aromatic N) is 1. The highest BCUT2D eigenvalue weighted by molar-refractivity contribution is 6.31. The third-order valence-corrected chi connectivity index (χ3v) is 7.01. The molecule has 2 aromatic carbocycles. The first-order chi connectivity index (χ1) is 18.5. The van der Waals surface area contributed by atoms with E-state index in [2.05, 4.69) is 15.4 Å². The molecule has 4 N–H and O–H groups in total. The van der Waals surface area contributed by atoms with E-state index in [9.17, 15) is 36.7 Å². The fourth-order valence-corrected chi connectivity index (χ4v) is 5.27. The normalized spacial score (nSPS) is 21.1. The smallest absolute Gasteiger partial charge is 0.406 e. The van der Waals surface area contributed by atoms with Crippen LogP contribution in [0.4, 0.5) is 23.2 Å². The molecule has 0 aromatic heterocycles. The maximum Gasteiger partial charge on any atom is 0.573 e. The van der Waals surface area contributed by atoms with Gasteiger partial charge >= 0.3 is 6.36 Å². The van der Waals surface area contributed by atoms with Crippen LogP contribution in [0.15, 0.2) is 42.5 Å². The maximum absolute atomic E-state index is 14.8. The van der Waals surface area contributed by atoms with Gasteiger partial charge in [0.1, 0.15) is 23.5 Å². The zero-order valence-corrected chi connectivity index (χ0v) is 22.0. The summed E-state index contributed by atoms with van der Waals surface area (Å²) < 4.78 is 56.5. The summed E-state index contributed by atoms with van der Waals surface area (Å²) in [6, 6.07) is 5.95. The van der Waals surface area contributed by atoms with Crippen molar-refractivity contribution < 1.29 is 41.5 Å². The standard InChI is InChI=1S/C26H25ClF4N4O5/c1-24(2,28)10-18(33-21(37)13-4-3-5-15(8-13)40-26(29,30)31)22(38)35-12-25(11-19(35)20(32)36)16-9-14(27)6-7-17(16)34-23(25)39/h3-9,18-19H,10-12H2,1-2H3,(H2,32,36)(H,33,37)(H,34,39)/t18-,19-,25-/m0/s1. The van der Waals surface area contributed by atoms with Crippen molar-refractivity contribution in [3.05, 3.63) is 58.6 Å². The lowest BCUT2D eigenvalue weighted by Crippen LogP contribution is -2.54. The molecule has 0 radical (unpaired) electrons. The van der Waals surface area contributed by atoms with E-state index < -0.39 is 65.3 Å². The first-order valence-electron chi connectivity index (χ1n) is 12.1. The van der Waals surface area contributed by atoms with Gasteiger partial charge in [-0.2, -0.15) is 0 Å². The number of anilines is 1. The number of hydrogen-bond acceptors (Lipinski definition) is 5. The van der Waals surface area contributed by atoms with Gasteiger partial charge < -0.3 is 26.0 Å². The zero-order valence-electron chi connectivity index (χ0n) is 21.3. The van der Waals surface area contributed by atoms with Gasteiger partial charge in [-0.1, -0.05) is 17.7 Å². The van der Waals surface area contributed by atoms with Gasteiger partial charge in [0.15, 0.2) is 0 Å². The van der Waals surface area contributed by atoms with Crippen molar-refractivity contribution in [1.82, 2.24) is 10.2 Å². The van der Waals surface area contributed by atoms with Crippen LogP contribution < -0.4 is 21.1 Å². The van der Waals surface area contributed by atoms with Gasteiger partial charge in [0.05, 0.1) is 5.41 Å². The monoisotopic (exact) mass is 584 g/mol. The molecule has 0 unspecified atom stereocenters. The van der Waals surface area contributed by atoms with Gasteiger partial charge in [-0.05, 0) is 62.2 Å². The second-order valence-corrected chi connectivity index (χ2v) is 10.8. The Morgan fingerprint density at radius 2 is 1.90 bits per heavy atom. The Hall–Kier alpha value is -3.87. The molecule has 1 spiro atoms. The molecule has 3 atom stereocenters. The molecular formula is C26H25ClF4N4O5. The summed E-state index contributed by atoms with van der Waals surface area (Å²) in [6.07, 6.45) is -5.74. The molecule has 0 saturated carbocycles. The van der Waals surface area contributed by atoms with Crippen LogP contribution in [-0.2, 0) is 19.8 Å². The first-order valence-corrected chi connectivity index (χ1v) is 12.4. The maximum atomic E-state index is 14.8. The third-order valence-electron chi connectivity index (χ3n) is 6.77. The number of nitrogens with two attached hydrogens (primary N) is 1. The van der Waals surface area contributed by atoms with Crippen LogP contribution in [0.5, 0.6) is 5.75 Å². The fourth-order valence-electron chi connectivity index (χ4n) is 5.10. The van der Waals surface area contributed by atoms with Crippen molar-refractivity contribution in [3.63, 3.8) is 0 Å². The van der Waals surface area contributed by atoms with Crippen LogP contribution in [0.1, 0.15) is 42.6 Å². The number of rotatable bonds is 7. The molecule has 40 heavy (non-hydrogen) atoms. The Bertz CT molecular complexity index is 1380. The van der Waals surface area contributed by atoms with Crippen LogP contribution in [0.25, 0.3) is 0 Å². The van der Waals surface area contributed by atoms with Crippen molar-refractivity contribution in [1.29, 1.82) is 0 Å². The third kappa shape index (κ3) is 5.98. The van der Waals surface area contributed by atoms with Crippen LogP contribution in [0, 0.1) is 0 Å². The Balaban J connectivity index is 1.65. The molecule has 2 aliphatic rings. The topological polar surface area (TPSA) is 131 Å². The van der Waals surface area contributed by atoms with Crippen LogP contribution in [-0.4, -0.2) is 59.2 Å². The average molecular weight is 585 g/mol. The molecule has 4 amide bonds. The summed E-state index contributed by atoms with van der Waals surface area (Å²) >= 11 is 6.14. The molecule has 2 aliphatic heterocycles. The number of benzene rings is 2. The first kappa shape index (κ1) is 29.1. The SMILES string of the molecule is CC(C)(F)C[C@H](NC(=O)c1cccc(OC(F)(F)F)c1)C(=O)N1C[C@]2(C[C@H]1C(N)=O)C(=O)Nc1ccc(Cl)cc12. The lowest BCUT2D eigenvalue weighted by molar-refractivity contribution is -0.274. The number of primary amides is 1. The van der Waals surface area contributed by atoms with Crippen molar-refractivity contribution in [2.24, 2.45) is 5.73 Å². The summed E-state index contributed by atoms with van der Waals surface area (Å²) in [5, 5.41) is 5.38. The lowest BCUT2D eigenvalue weighted by Gasteiger charge is -2.30. The molecule has 9 nitrogen and oxygen atoms in total. The van der Waals surface area contributed by atoms with Crippen LogP contribution in [0.2, 0.25) is 5.02 Å². The second kappa shape index (κ2) is 10.3. The number of halogens is 5. The highest BCUT2D eigenvalue weighted by Crippen LogP contribution is 2.47. The van der Waals surface area contributed by atoms with E-state index in [4.69, 9.17) is 17.3 Å². The van der Waals surface area contributed by atoms with Crippen molar-refractivity contribution in [3.8, 4) is 5.75 Å². The van der Waals surface area contributed by atoms with Gasteiger partial charge in [0.2, 0.25) is 17.7 Å². The van der Waals surface area contributed by atoms with Crippen LogP contribution in [0.3, 0.4) is 0 Å². The van der Waals surface area contributed by atoms with Gasteiger partial charge in [0, 0.05) is 29.2 Å². The largest absolute Gasteiger partial charge is 0.573 e. The van der Waals surface area contributed by atoms with Crippen molar-refractivity contribution >= 4 is 40.9 Å². The lowest BCUT2D eigenvalue weighted by atomic mass is 9.79. The molecule has 2 heterocycles. The number of likely N-dealkylation sites (tertiary alicyclic amines) is 1. The van der Waals surface area contributed by atoms with Crippen LogP contribution >= 0.6 is 11.6 Å². The highest BCUT2D eigenvalue weighted by atomic mass is 35.5. The number of hydrogen-bond donors (Lipinski definition) is 3. The number of amides is 4. The molecule has 1 fully saturated rings. The Labute approximate surface area is 231 Å². The number of nitrogens with one attached hydrogen (secondary N) is 2. The Kier molecular flexibility index (Phi) is 7.48. The predicted molar refractivity (Wildman–Crippen MR) is 135 cm³/mol.